The second-order valence-electron chi connectivity index (χ2n) is 6.44. The van der Waals surface area contributed by atoms with Crippen LogP contribution in [-0.2, 0) is 0 Å². The van der Waals surface area contributed by atoms with Gasteiger partial charge in [-0.1, -0.05) is 40.6 Å². The monoisotopic (exact) mass is 386 g/mol. The van der Waals surface area contributed by atoms with Crippen LogP contribution < -0.4 is 10.6 Å². The van der Waals surface area contributed by atoms with E-state index < -0.39 is 0 Å². The highest BCUT2D eigenvalue weighted by Gasteiger charge is 2.25. The minimum Gasteiger partial charge on any atom is -0.375 e. The number of piperazine rings is 1. The van der Waals surface area contributed by atoms with Gasteiger partial charge in [0.05, 0.1) is 15.4 Å². The maximum Gasteiger partial charge on any atom is 0.253 e. The summed E-state index contributed by atoms with van der Waals surface area (Å²) < 4.78 is 1.03. The fourth-order valence-electron chi connectivity index (χ4n) is 3.37. The van der Waals surface area contributed by atoms with Gasteiger partial charge in [-0.3, -0.25) is 4.79 Å². The second kappa shape index (κ2) is 6.78. The summed E-state index contributed by atoms with van der Waals surface area (Å²) in [5.74, 6) is 0.0792. The molecule has 1 aromatic heterocycles. The van der Waals surface area contributed by atoms with Crippen LogP contribution in [0.2, 0.25) is 5.02 Å². The normalized spacial score (nSPS) is 14.8. The van der Waals surface area contributed by atoms with Gasteiger partial charge < -0.3 is 15.5 Å². The molecule has 5 nitrogen and oxygen atoms in total. The van der Waals surface area contributed by atoms with Crippen LogP contribution in [0.15, 0.2) is 36.4 Å². The predicted octanol–water partition coefficient (Wildman–Crippen LogP) is 3.80. The van der Waals surface area contributed by atoms with E-state index in [1.807, 2.05) is 48.2 Å². The smallest absolute Gasteiger partial charge is 0.253 e. The number of carbonyl (C=O) groups excluding carboxylic acids is 1. The molecule has 0 radical (unpaired) electrons. The molecule has 1 aliphatic heterocycles. The van der Waals surface area contributed by atoms with Crippen LogP contribution in [0.4, 0.5) is 10.8 Å². The summed E-state index contributed by atoms with van der Waals surface area (Å²) in [5.41, 5.74) is 9.47. The average molecular weight is 387 g/mol. The van der Waals surface area contributed by atoms with Crippen molar-refractivity contribution in [2.24, 2.45) is 0 Å². The first-order valence-electron chi connectivity index (χ1n) is 8.48. The highest BCUT2D eigenvalue weighted by Crippen LogP contribution is 2.37. The molecule has 1 saturated heterocycles. The molecular formula is C19H19ClN4OS. The van der Waals surface area contributed by atoms with E-state index in [9.17, 15) is 4.79 Å². The molecule has 2 N–H and O–H groups in total. The molecule has 0 bridgehead atoms. The molecule has 3 aromatic rings. The van der Waals surface area contributed by atoms with Gasteiger partial charge in [-0.05, 0) is 31.2 Å². The van der Waals surface area contributed by atoms with E-state index >= 15 is 0 Å². The average Bonchev–Trinajstić information content (AvgIpc) is 3.01. The van der Waals surface area contributed by atoms with E-state index in [-0.39, 0.29) is 5.91 Å². The van der Waals surface area contributed by atoms with Crippen LogP contribution >= 0.6 is 22.9 Å². The first-order valence-corrected chi connectivity index (χ1v) is 9.68. The zero-order chi connectivity index (χ0) is 18.3. The number of benzene rings is 2. The second-order valence-corrected chi connectivity index (χ2v) is 7.91. The summed E-state index contributed by atoms with van der Waals surface area (Å²) in [6.07, 6.45) is 0. The molecule has 1 fully saturated rings. The van der Waals surface area contributed by atoms with Gasteiger partial charge in [-0.15, -0.1) is 0 Å². The van der Waals surface area contributed by atoms with Crippen molar-refractivity contribution in [3.05, 3.63) is 52.5 Å². The number of fused-ring (bicyclic) bond motifs is 1. The van der Waals surface area contributed by atoms with Gasteiger partial charge in [-0.2, -0.15) is 0 Å². The summed E-state index contributed by atoms with van der Waals surface area (Å²) >= 11 is 7.92. The molecule has 0 atom stereocenters. The Balaban J connectivity index is 1.54. The summed E-state index contributed by atoms with van der Waals surface area (Å²) in [6, 6.07) is 11.6. The lowest BCUT2D eigenvalue weighted by Crippen LogP contribution is -2.49. The van der Waals surface area contributed by atoms with Crippen LogP contribution in [0, 0.1) is 6.92 Å². The number of amides is 1. The molecule has 7 heteroatoms. The molecule has 0 spiro atoms. The van der Waals surface area contributed by atoms with E-state index in [2.05, 4.69) is 9.88 Å². The Morgan fingerprint density at radius 1 is 1.19 bits per heavy atom. The number of nitrogens with two attached hydrogens (primary N) is 1. The quantitative estimate of drug-likeness (QED) is 0.727. The fourth-order valence-corrected chi connectivity index (χ4v) is 4.38. The molecule has 1 amide bonds. The molecule has 134 valence electrons. The minimum absolute atomic E-state index is 0.0792. The molecule has 0 saturated carbocycles. The minimum atomic E-state index is 0.0792. The lowest BCUT2D eigenvalue weighted by molar-refractivity contribution is 0.0747. The first kappa shape index (κ1) is 17.1. The summed E-state index contributed by atoms with van der Waals surface area (Å²) in [5, 5.41) is 1.21. The van der Waals surface area contributed by atoms with Crippen molar-refractivity contribution < 1.29 is 4.79 Å². The fraction of sp³-hybridized carbons (Fsp3) is 0.263. The molecule has 4 rings (SSSR count). The van der Waals surface area contributed by atoms with Gasteiger partial charge in [0, 0.05) is 31.7 Å². The molecular weight excluding hydrogens is 368 g/mol. The van der Waals surface area contributed by atoms with Crippen molar-refractivity contribution in [3.8, 4) is 0 Å². The number of hydrogen-bond acceptors (Lipinski definition) is 5. The van der Waals surface area contributed by atoms with Crippen molar-refractivity contribution in [1.82, 2.24) is 9.88 Å². The van der Waals surface area contributed by atoms with Gasteiger partial charge in [0.15, 0.2) is 5.13 Å². The number of thiazole rings is 1. The van der Waals surface area contributed by atoms with Gasteiger partial charge in [0.2, 0.25) is 0 Å². The van der Waals surface area contributed by atoms with Gasteiger partial charge in [0.25, 0.3) is 5.91 Å². The van der Waals surface area contributed by atoms with Gasteiger partial charge in [-0.25, -0.2) is 4.98 Å². The van der Waals surface area contributed by atoms with Crippen LogP contribution in [-0.4, -0.2) is 42.0 Å². The number of hydrogen-bond donors (Lipinski definition) is 1. The van der Waals surface area contributed by atoms with Crippen LogP contribution in [0.5, 0.6) is 0 Å². The summed E-state index contributed by atoms with van der Waals surface area (Å²) in [7, 11) is 0. The topological polar surface area (TPSA) is 62.5 Å². The number of nitrogen functional groups attached to an aromatic ring is 1. The number of halogens is 1. The third-order valence-corrected chi connectivity index (χ3v) is 5.80. The van der Waals surface area contributed by atoms with Crippen molar-refractivity contribution in [3.63, 3.8) is 0 Å². The Bertz CT molecular complexity index is 979. The lowest BCUT2D eigenvalue weighted by Gasteiger charge is -2.36. The van der Waals surface area contributed by atoms with Crippen molar-refractivity contribution in [1.29, 1.82) is 0 Å². The summed E-state index contributed by atoms with van der Waals surface area (Å²) in [4.78, 5) is 21.3. The van der Waals surface area contributed by atoms with Crippen LogP contribution in [0.1, 0.15) is 15.9 Å². The number of aryl methyl sites for hydroxylation is 1. The van der Waals surface area contributed by atoms with E-state index in [1.165, 1.54) is 11.3 Å². The Morgan fingerprint density at radius 2 is 1.96 bits per heavy atom. The third kappa shape index (κ3) is 3.10. The third-order valence-electron chi connectivity index (χ3n) is 4.65. The maximum absolute atomic E-state index is 12.7. The van der Waals surface area contributed by atoms with E-state index in [4.69, 9.17) is 17.3 Å². The zero-order valence-electron chi connectivity index (χ0n) is 14.4. The summed E-state index contributed by atoms with van der Waals surface area (Å²) in [6.45, 7) is 4.73. The first-order chi connectivity index (χ1) is 12.5. The van der Waals surface area contributed by atoms with E-state index in [0.29, 0.717) is 36.3 Å². The van der Waals surface area contributed by atoms with Crippen molar-refractivity contribution >= 4 is 49.9 Å². The van der Waals surface area contributed by atoms with E-state index in [0.717, 1.165) is 27.0 Å². The zero-order valence-corrected chi connectivity index (χ0v) is 16.0. The predicted molar refractivity (Wildman–Crippen MR) is 108 cm³/mol. The number of anilines is 2. The number of nitrogens with zero attached hydrogens (tertiary/aromatic N) is 3. The lowest BCUT2D eigenvalue weighted by atomic mass is 10.1. The number of carbonyl (C=O) groups is 1. The maximum atomic E-state index is 12.7. The Morgan fingerprint density at radius 3 is 2.69 bits per heavy atom. The molecule has 1 aliphatic rings. The largest absolute Gasteiger partial charge is 0.375 e. The molecule has 26 heavy (non-hydrogen) atoms. The Kier molecular flexibility index (Phi) is 4.46. The van der Waals surface area contributed by atoms with Crippen LogP contribution in [0.25, 0.3) is 10.2 Å². The molecule has 0 aliphatic carbocycles. The van der Waals surface area contributed by atoms with E-state index in [1.54, 1.807) is 0 Å². The number of rotatable bonds is 2. The van der Waals surface area contributed by atoms with Crippen molar-refractivity contribution in [2.75, 3.05) is 36.8 Å². The Hall–Kier alpha value is -2.31. The SMILES string of the molecule is Cc1cccc(C(=O)N2CCN(c3c(Cl)ccc4sc(N)nc34)CC2)c1. The standard InChI is InChI=1S/C19H19ClN4OS/c1-12-3-2-4-13(11-12)18(25)24-9-7-23(8-10-24)17-14(20)5-6-15-16(17)22-19(21)26-15/h2-6,11H,7-10H2,1H3,(H2,21,22). The van der Waals surface area contributed by atoms with Gasteiger partial charge in [0.1, 0.15) is 5.52 Å². The molecule has 0 unspecified atom stereocenters. The molecule has 2 aromatic carbocycles. The molecule has 2 heterocycles. The highest BCUT2D eigenvalue weighted by atomic mass is 35.5. The highest BCUT2D eigenvalue weighted by molar-refractivity contribution is 7.22. The number of aromatic nitrogens is 1. The Labute approximate surface area is 161 Å². The van der Waals surface area contributed by atoms with Crippen molar-refractivity contribution in [2.45, 2.75) is 6.92 Å². The van der Waals surface area contributed by atoms with Gasteiger partial charge >= 0.3 is 0 Å². The van der Waals surface area contributed by atoms with Crippen LogP contribution in [0.3, 0.4) is 0 Å².